The molecule has 2 nitrogen and oxygen atoms in total. The van der Waals surface area contributed by atoms with Crippen LogP contribution in [0, 0.1) is 5.82 Å². The Hall–Kier alpha value is -0.800. The van der Waals surface area contributed by atoms with Crippen LogP contribution in [-0.4, -0.2) is 19.6 Å². The lowest BCUT2D eigenvalue weighted by Gasteiger charge is -2.06. The average Bonchev–Trinajstić information content (AvgIpc) is 2.18. The van der Waals surface area contributed by atoms with Crippen LogP contribution in [0.3, 0.4) is 0 Å². The summed E-state index contributed by atoms with van der Waals surface area (Å²) in [5.41, 5.74) is 0.842. The Morgan fingerprint density at radius 3 is 2.79 bits per heavy atom. The number of rotatable bonds is 5. The molecule has 0 unspecified atom stereocenters. The predicted molar refractivity (Wildman–Crippen MR) is 58.4 cm³/mol. The normalized spacial score (nSPS) is 10.2. The van der Waals surface area contributed by atoms with E-state index in [2.05, 4.69) is 17.6 Å². The van der Waals surface area contributed by atoms with Crippen molar-refractivity contribution >= 4 is 17.3 Å². The van der Waals surface area contributed by atoms with Crippen LogP contribution in [0.4, 0.5) is 10.1 Å². The van der Waals surface area contributed by atoms with E-state index in [1.807, 2.05) is 0 Å². The Morgan fingerprint density at radius 2 is 2.14 bits per heavy atom. The van der Waals surface area contributed by atoms with Gasteiger partial charge in [0, 0.05) is 18.8 Å². The Labute approximate surface area is 88.5 Å². The van der Waals surface area contributed by atoms with Crippen LogP contribution in [0.15, 0.2) is 18.2 Å². The molecule has 0 heterocycles. The third kappa shape index (κ3) is 3.52. The molecule has 0 aliphatic heterocycles. The van der Waals surface area contributed by atoms with E-state index in [-0.39, 0.29) is 10.8 Å². The first-order valence-electron chi connectivity index (χ1n) is 4.63. The minimum absolute atomic E-state index is 0.151. The summed E-state index contributed by atoms with van der Waals surface area (Å²) < 4.78 is 12.8. The first-order valence-corrected chi connectivity index (χ1v) is 5.01. The molecule has 14 heavy (non-hydrogen) atoms. The van der Waals surface area contributed by atoms with Gasteiger partial charge in [0.1, 0.15) is 5.82 Å². The van der Waals surface area contributed by atoms with Crippen molar-refractivity contribution in [2.45, 2.75) is 6.92 Å². The fourth-order valence-corrected chi connectivity index (χ4v) is 1.26. The van der Waals surface area contributed by atoms with Crippen molar-refractivity contribution in [3.05, 3.63) is 29.0 Å². The Balaban J connectivity index is 2.39. The second kappa shape index (κ2) is 5.83. The first kappa shape index (κ1) is 11.3. The van der Waals surface area contributed by atoms with E-state index >= 15 is 0 Å². The number of benzene rings is 1. The molecule has 1 aromatic carbocycles. The molecule has 0 radical (unpaired) electrons. The van der Waals surface area contributed by atoms with Crippen LogP contribution < -0.4 is 10.6 Å². The SMILES string of the molecule is CCNCCNc1ccc(F)c(Cl)c1. The lowest BCUT2D eigenvalue weighted by Crippen LogP contribution is -2.21. The topological polar surface area (TPSA) is 24.1 Å². The van der Waals surface area contributed by atoms with E-state index < -0.39 is 0 Å². The molecule has 0 bridgehead atoms. The van der Waals surface area contributed by atoms with Crippen molar-refractivity contribution < 1.29 is 4.39 Å². The zero-order valence-corrected chi connectivity index (χ0v) is 8.87. The number of hydrogen-bond donors (Lipinski definition) is 2. The van der Waals surface area contributed by atoms with Gasteiger partial charge in [-0.3, -0.25) is 0 Å². The lowest BCUT2D eigenvalue weighted by molar-refractivity contribution is 0.628. The van der Waals surface area contributed by atoms with E-state index in [4.69, 9.17) is 11.6 Å². The molecule has 1 rings (SSSR count). The number of anilines is 1. The highest BCUT2D eigenvalue weighted by Crippen LogP contribution is 2.18. The lowest BCUT2D eigenvalue weighted by atomic mass is 10.3. The summed E-state index contributed by atoms with van der Waals surface area (Å²) in [4.78, 5) is 0. The Bertz CT molecular complexity index is 291. The highest BCUT2D eigenvalue weighted by molar-refractivity contribution is 6.31. The van der Waals surface area contributed by atoms with Gasteiger partial charge in [-0.2, -0.15) is 0 Å². The molecular weight excluding hydrogens is 203 g/mol. The van der Waals surface area contributed by atoms with Gasteiger partial charge in [-0.1, -0.05) is 18.5 Å². The van der Waals surface area contributed by atoms with E-state index in [9.17, 15) is 4.39 Å². The van der Waals surface area contributed by atoms with Gasteiger partial charge in [0.25, 0.3) is 0 Å². The highest BCUT2D eigenvalue weighted by Gasteiger charge is 1.99. The van der Waals surface area contributed by atoms with Gasteiger partial charge < -0.3 is 10.6 Å². The molecule has 4 heteroatoms. The van der Waals surface area contributed by atoms with Crippen LogP contribution >= 0.6 is 11.6 Å². The fraction of sp³-hybridized carbons (Fsp3) is 0.400. The molecule has 0 aliphatic carbocycles. The van der Waals surface area contributed by atoms with Crippen molar-refractivity contribution in [3.8, 4) is 0 Å². The third-order valence-corrected chi connectivity index (χ3v) is 2.09. The van der Waals surface area contributed by atoms with Crippen molar-refractivity contribution in [1.82, 2.24) is 5.32 Å². The molecule has 0 amide bonds. The maximum atomic E-state index is 12.8. The quantitative estimate of drug-likeness (QED) is 0.740. The van der Waals surface area contributed by atoms with E-state index in [1.165, 1.54) is 6.07 Å². The number of hydrogen-bond acceptors (Lipinski definition) is 2. The highest BCUT2D eigenvalue weighted by atomic mass is 35.5. The van der Waals surface area contributed by atoms with Gasteiger partial charge in [-0.05, 0) is 24.7 Å². The predicted octanol–water partition coefficient (Wildman–Crippen LogP) is 2.50. The molecule has 0 aromatic heterocycles. The van der Waals surface area contributed by atoms with E-state index in [0.29, 0.717) is 0 Å². The molecular formula is C10H14ClFN2. The van der Waals surface area contributed by atoms with Gasteiger partial charge in [-0.15, -0.1) is 0 Å². The van der Waals surface area contributed by atoms with E-state index in [0.717, 1.165) is 25.3 Å². The molecule has 0 spiro atoms. The standard InChI is InChI=1S/C10H14ClFN2/c1-2-13-5-6-14-8-3-4-10(12)9(11)7-8/h3-4,7,13-14H,2,5-6H2,1H3. The maximum Gasteiger partial charge on any atom is 0.141 e. The molecule has 0 fully saturated rings. The minimum Gasteiger partial charge on any atom is -0.384 e. The van der Waals surface area contributed by atoms with Crippen molar-refractivity contribution in [2.75, 3.05) is 25.0 Å². The van der Waals surface area contributed by atoms with Gasteiger partial charge in [-0.25, -0.2) is 4.39 Å². The molecule has 78 valence electrons. The van der Waals surface area contributed by atoms with Crippen LogP contribution in [0.1, 0.15) is 6.92 Å². The first-order chi connectivity index (χ1) is 6.74. The van der Waals surface area contributed by atoms with Crippen molar-refractivity contribution in [1.29, 1.82) is 0 Å². The summed E-state index contributed by atoms with van der Waals surface area (Å²) in [6, 6.07) is 4.62. The monoisotopic (exact) mass is 216 g/mol. The molecule has 0 aliphatic rings. The largest absolute Gasteiger partial charge is 0.384 e. The number of likely N-dealkylation sites (N-methyl/N-ethyl adjacent to an activating group) is 1. The molecule has 1 aromatic rings. The van der Waals surface area contributed by atoms with Crippen LogP contribution in [0.25, 0.3) is 0 Å². The maximum absolute atomic E-state index is 12.8. The molecule has 0 saturated heterocycles. The summed E-state index contributed by atoms with van der Waals surface area (Å²) in [6.45, 7) is 4.68. The van der Waals surface area contributed by atoms with Crippen molar-refractivity contribution in [3.63, 3.8) is 0 Å². The summed E-state index contributed by atoms with van der Waals surface area (Å²) in [5, 5.41) is 6.46. The zero-order chi connectivity index (χ0) is 10.4. The molecule has 2 N–H and O–H groups in total. The van der Waals surface area contributed by atoms with Gasteiger partial charge in [0.2, 0.25) is 0 Å². The summed E-state index contributed by atoms with van der Waals surface area (Å²) in [5.74, 6) is -0.385. The summed E-state index contributed by atoms with van der Waals surface area (Å²) >= 11 is 5.62. The molecule has 0 saturated carbocycles. The Morgan fingerprint density at radius 1 is 1.36 bits per heavy atom. The molecule has 0 atom stereocenters. The summed E-state index contributed by atoms with van der Waals surface area (Å²) in [6.07, 6.45) is 0. The van der Waals surface area contributed by atoms with Crippen molar-refractivity contribution in [2.24, 2.45) is 0 Å². The van der Waals surface area contributed by atoms with Crippen LogP contribution in [-0.2, 0) is 0 Å². The minimum atomic E-state index is -0.385. The van der Waals surface area contributed by atoms with Gasteiger partial charge in [0.05, 0.1) is 5.02 Å². The Kier molecular flexibility index (Phi) is 4.70. The van der Waals surface area contributed by atoms with Crippen LogP contribution in [0.5, 0.6) is 0 Å². The second-order valence-electron chi connectivity index (χ2n) is 2.91. The smallest absolute Gasteiger partial charge is 0.141 e. The summed E-state index contributed by atoms with van der Waals surface area (Å²) in [7, 11) is 0. The third-order valence-electron chi connectivity index (χ3n) is 1.80. The van der Waals surface area contributed by atoms with Crippen LogP contribution in [0.2, 0.25) is 5.02 Å². The zero-order valence-electron chi connectivity index (χ0n) is 8.11. The van der Waals surface area contributed by atoms with Gasteiger partial charge >= 0.3 is 0 Å². The number of nitrogens with one attached hydrogen (secondary N) is 2. The van der Waals surface area contributed by atoms with E-state index in [1.54, 1.807) is 12.1 Å². The fourth-order valence-electron chi connectivity index (χ4n) is 1.08. The number of halogens is 2. The second-order valence-corrected chi connectivity index (χ2v) is 3.32. The average molecular weight is 217 g/mol. The van der Waals surface area contributed by atoms with Gasteiger partial charge in [0.15, 0.2) is 0 Å².